The molecular formula is C8H11O2PS2. The molecule has 5 heteroatoms. The van der Waals surface area contributed by atoms with E-state index in [9.17, 15) is 0 Å². The highest BCUT2D eigenvalue weighted by Crippen LogP contribution is 2.55. The minimum atomic E-state index is -3.18. The molecule has 0 aliphatic heterocycles. The minimum Gasteiger partial charge on any atom is -0.337 e. The molecule has 13 heavy (non-hydrogen) atoms. The molecule has 1 aromatic carbocycles. The van der Waals surface area contributed by atoms with Crippen LogP contribution in [0.15, 0.2) is 23.1 Å². The molecule has 0 aromatic heterocycles. The largest absolute Gasteiger partial charge is 0.337 e. The second-order valence-corrected chi connectivity index (χ2v) is 8.75. The second-order valence-electron chi connectivity index (χ2n) is 2.85. The van der Waals surface area contributed by atoms with Crippen molar-refractivity contribution in [2.75, 3.05) is 0 Å². The van der Waals surface area contributed by atoms with Crippen LogP contribution in [0.3, 0.4) is 0 Å². The molecule has 72 valence electrons. The summed E-state index contributed by atoms with van der Waals surface area (Å²) < 4.78 is 0. The van der Waals surface area contributed by atoms with Gasteiger partial charge in [-0.2, -0.15) is 0 Å². The zero-order valence-corrected chi connectivity index (χ0v) is 9.92. The zero-order chi connectivity index (χ0) is 10.1. The van der Waals surface area contributed by atoms with Crippen molar-refractivity contribution < 1.29 is 9.79 Å². The van der Waals surface area contributed by atoms with Crippen LogP contribution in [0.25, 0.3) is 0 Å². The summed E-state index contributed by atoms with van der Waals surface area (Å²) in [6.45, 7) is 3.93. The Balaban J connectivity index is 2.97. The van der Waals surface area contributed by atoms with E-state index in [4.69, 9.17) is 9.79 Å². The van der Waals surface area contributed by atoms with Gasteiger partial charge in [0, 0.05) is 4.90 Å². The molecule has 0 aliphatic rings. The highest BCUT2D eigenvalue weighted by atomic mass is 32.9. The van der Waals surface area contributed by atoms with Crippen molar-refractivity contribution in [3.05, 3.63) is 29.3 Å². The molecule has 0 spiro atoms. The molecule has 0 atom stereocenters. The average molecular weight is 234 g/mol. The highest BCUT2D eigenvalue weighted by Gasteiger charge is 2.11. The van der Waals surface area contributed by atoms with Gasteiger partial charge in [-0.1, -0.05) is 17.7 Å². The quantitative estimate of drug-likeness (QED) is 0.772. The van der Waals surface area contributed by atoms with Crippen LogP contribution in [0.5, 0.6) is 0 Å². The number of hydrogen-bond donors (Lipinski definition) is 2. The van der Waals surface area contributed by atoms with E-state index in [2.05, 4.69) is 11.8 Å². The average Bonchev–Trinajstić information content (AvgIpc) is 1.93. The lowest BCUT2D eigenvalue weighted by molar-refractivity contribution is 0.502. The van der Waals surface area contributed by atoms with Crippen LogP contribution in [0.4, 0.5) is 0 Å². The van der Waals surface area contributed by atoms with Crippen LogP contribution in [0, 0.1) is 13.8 Å². The van der Waals surface area contributed by atoms with Gasteiger partial charge in [-0.25, -0.2) is 0 Å². The van der Waals surface area contributed by atoms with E-state index in [0.29, 0.717) is 0 Å². The third-order valence-electron chi connectivity index (χ3n) is 1.55. The molecule has 0 amide bonds. The summed E-state index contributed by atoms with van der Waals surface area (Å²) in [5.74, 6) is 0. The van der Waals surface area contributed by atoms with Gasteiger partial charge in [0.1, 0.15) is 0 Å². The maximum absolute atomic E-state index is 9.11. The van der Waals surface area contributed by atoms with Gasteiger partial charge in [0.15, 0.2) is 0 Å². The van der Waals surface area contributed by atoms with Crippen LogP contribution < -0.4 is 0 Å². The molecule has 2 N–H and O–H groups in total. The zero-order valence-electron chi connectivity index (χ0n) is 7.39. The first-order chi connectivity index (χ1) is 5.88. The van der Waals surface area contributed by atoms with Crippen molar-refractivity contribution in [1.82, 2.24) is 0 Å². The van der Waals surface area contributed by atoms with Crippen LogP contribution in [0.2, 0.25) is 0 Å². The van der Waals surface area contributed by atoms with Gasteiger partial charge in [-0.3, -0.25) is 0 Å². The third kappa shape index (κ3) is 3.79. The Morgan fingerprint density at radius 3 is 2.38 bits per heavy atom. The molecular weight excluding hydrogens is 223 g/mol. The van der Waals surface area contributed by atoms with E-state index in [-0.39, 0.29) is 0 Å². The number of aryl methyl sites for hydroxylation is 2. The second kappa shape index (κ2) is 4.11. The minimum absolute atomic E-state index is 0.846. The highest BCUT2D eigenvalue weighted by molar-refractivity contribution is 8.67. The molecule has 0 bridgehead atoms. The summed E-state index contributed by atoms with van der Waals surface area (Å²) in [5.41, 5.74) is -0.991. The molecule has 1 rings (SSSR count). The maximum Gasteiger partial charge on any atom is 0.246 e. The molecule has 0 radical (unpaired) electrons. The van der Waals surface area contributed by atoms with Gasteiger partial charge in [-0.05, 0) is 48.7 Å². The Labute approximate surface area is 86.9 Å². The van der Waals surface area contributed by atoms with E-state index in [1.165, 1.54) is 0 Å². The van der Waals surface area contributed by atoms with E-state index >= 15 is 0 Å². The fourth-order valence-corrected chi connectivity index (χ4v) is 3.72. The third-order valence-corrected chi connectivity index (χ3v) is 4.41. The summed E-state index contributed by atoms with van der Waals surface area (Å²) in [4.78, 5) is 19.1. The van der Waals surface area contributed by atoms with Crippen molar-refractivity contribution in [2.24, 2.45) is 0 Å². The fraction of sp³-hybridized carbons (Fsp3) is 0.250. The number of rotatable bonds is 2. The lowest BCUT2D eigenvalue weighted by atomic mass is 10.2. The summed E-state index contributed by atoms with van der Waals surface area (Å²) >= 11 is 5.52. The van der Waals surface area contributed by atoms with Crippen molar-refractivity contribution in [2.45, 2.75) is 18.7 Å². The summed E-state index contributed by atoms with van der Waals surface area (Å²) in [6.07, 6.45) is 0. The topological polar surface area (TPSA) is 40.5 Å². The molecule has 0 aliphatic carbocycles. The van der Waals surface area contributed by atoms with Gasteiger partial charge in [-0.15, -0.1) is 0 Å². The van der Waals surface area contributed by atoms with Crippen molar-refractivity contribution in [3.63, 3.8) is 0 Å². The first kappa shape index (κ1) is 11.2. The van der Waals surface area contributed by atoms with E-state index < -0.39 is 5.69 Å². The monoisotopic (exact) mass is 234 g/mol. The van der Waals surface area contributed by atoms with Crippen LogP contribution in [-0.2, 0) is 11.8 Å². The molecule has 0 fully saturated rings. The van der Waals surface area contributed by atoms with Crippen molar-refractivity contribution in [3.8, 4) is 0 Å². The van der Waals surface area contributed by atoms with Gasteiger partial charge in [0.2, 0.25) is 5.69 Å². The van der Waals surface area contributed by atoms with Gasteiger partial charge < -0.3 is 9.79 Å². The van der Waals surface area contributed by atoms with Crippen molar-refractivity contribution in [1.29, 1.82) is 0 Å². The molecule has 0 saturated heterocycles. The molecule has 1 aromatic rings. The first-order valence-electron chi connectivity index (χ1n) is 3.71. The first-order valence-corrected chi connectivity index (χ1v) is 7.84. The smallest absolute Gasteiger partial charge is 0.246 e. The van der Waals surface area contributed by atoms with Crippen LogP contribution >= 0.6 is 17.1 Å². The lowest BCUT2D eigenvalue weighted by Gasteiger charge is -2.09. The molecule has 0 unspecified atom stereocenters. The van der Waals surface area contributed by atoms with E-state index in [1.807, 2.05) is 32.0 Å². The molecule has 2 nitrogen and oxygen atoms in total. The predicted molar refractivity (Wildman–Crippen MR) is 60.5 cm³/mol. The van der Waals surface area contributed by atoms with Gasteiger partial charge >= 0.3 is 0 Å². The Bertz CT molecular complexity index is 359. The summed E-state index contributed by atoms with van der Waals surface area (Å²) in [6, 6.07) is 5.79. The Morgan fingerprint density at radius 1 is 1.31 bits per heavy atom. The van der Waals surface area contributed by atoms with Gasteiger partial charge in [0.25, 0.3) is 0 Å². The van der Waals surface area contributed by atoms with Gasteiger partial charge in [0.05, 0.1) is 0 Å². The molecule has 0 saturated carbocycles. The van der Waals surface area contributed by atoms with Crippen LogP contribution in [0.1, 0.15) is 11.1 Å². The standard InChI is InChI=1S/C8H11O2PS2/c1-6-3-4-8(7(2)5-6)13-11(9,10)12/h3-5H,1-2H3,(H2,9,10,12). The van der Waals surface area contributed by atoms with Crippen LogP contribution in [-0.4, -0.2) is 9.79 Å². The number of benzene rings is 1. The Kier molecular flexibility index (Phi) is 3.55. The Hall–Kier alpha value is 0.140. The van der Waals surface area contributed by atoms with E-state index in [0.717, 1.165) is 27.4 Å². The lowest BCUT2D eigenvalue weighted by Crippen LogP contribution is -1.81. The SMILES string of the molecule is Cc1ccc(SP(O)(O)=S)c(C)c1. The van der Waals surface area contributed by atoms with E-state index in [1.54, 1.807) is 0 Å². The summed E-state index contributed by atoms with van der Waals surface area (Å²) in [7, 11) is 0. The summed E-state index contributed by atoms with van der Waals surface area (Å²) in [5, 5.41) is 0. The normalized spacial score (nSPS) is 11.7. The Morgan fingerprint density at radius 2 is 1.92 bits per heavy atom. The maximum atomic E-state index is 9.11. The fourth-order valence-electron chi connectivity index (χ4n) is 1.03. The van der Waals surface area contributed by atoms with Crippen molar-refractivity contribution >= 4 is 28.9 Å². The predicted octanol–water partition coefficient (Wildman–Crippen LogP) is 2.60. The molecule has 0 heterocycles. The number of hydrogen-bond acceptors (Lipinski definition) is 2.